The number of nitrogens with one attached hydrogen (secondary N) is 1. The number of rotatable bonds is 6. The fraction of sp³-hybridized carbons (Fsp3) is 0.0741. The number of halogens is 1. The molecule has 1 heterocycles. The molecule has 0 bridgehead atoms. The van der Waals surface area contributed by atoms with Gasteiger partial charge in [-0.2, -0.15) is 0 Å². The predicted molar refractivity (Wildman–Crippen MR) is 141 cm³/mol. The van der Waals surface area contributed by atoms with Crippen LogP contribution in [0.2, 0.25) is 5.02 Å². The molecule has 9 heteroatoms. The van der Waals surface area contributed by atoms with E-state index in [-0.39, 0.29) is 16.0 Å². The van der Waals surface area contributed by atoms with Gasteiger partial charge >= 0.3 is 0 Å². The molecular weight excluding hydrogens is 498 g/mol. The Morgan fingerprint density at radius 1 is 0.944 bits per heavy atom. The molecule has 0 aliphatic heterocycles. The van der Waals surface area contributed by atoms with E-state index < -0.39 is 21.7 Å². The topological polar surface area (TPSA) is 119 Å². The van der Waals surface area contributed by atoms with Gasteiger partial charge in [-0.15, -0.1) is 0 Å². The Kier molecular flexibility index (Phi) is 6.92. The second kappa shape index (κ2) is 9.93. The van der Waals surface area contributed by atoms with Crippen LogP contribution in [0.15, 0.2) is 83.9 Å². The van der Waals surface area contributed by atoms with Crippen LogP contribution in [0, 0.1) is 6.92 Å². The fourth-order valence-electron chi connectivity index (χ4n) is 3.79. The van der Waals surface area contributed by atoms with Gasteiger partial charge < -0.3 is 11.1 Å². The molecule has 2 amide bonds. The number of nitrogens with zero attached hydrogens (tertiary/aromatic N) is 1. The van der Waals surface area contributed by atoms with Crippen LogP contribution in [0.3, 0.4) is 0 Å². The summed E-state index contributed by atoms with van der Waals surface area (Å²) in [5.41, 5.74) is 9.28. The molecule has 0 fully saturated rings. The van der Waals surface area contributed by atoms with Crippen LogP contribution in [0.5, 0.6) is 0 Å². The summed E-state index contributed by atoms with van der Waals surface area (Å²) in [4.78, 5) is 29.6. The summed E-state index contributed by atoms with van der Waals surface area (Å²) in [7, 11) is -3.56. The van der Waals surface area contributed by atoms with E-state index >= 15 is 0 Å². The van der Waals surface area contributed by atoms with Crippen molar-refractivity contribution in [3.63, 3.8) is 0 Å². The number of carbonyl (C=O) groups excluding carboxylic acids is 2. The van der Waals surface area contributed by atoms with Gasteiger partial charge in [0.25, 0.3) is 5.91 Å². The standard InChI is InChI=1S/C27H22ClN3O4S/c1-16-11-17(13-18(12-16)26(29)32)22-15-20(36(2,34)35)7-8-21(22)27(33)31-19-6-9-24(28)23(14-19)25-5-3-4-10-30-25/h3-15H,1-2H3,(H2,29,32)(H,31,33). The first-order valence-electron chi connectivity index (χ1n) is 10.8. The molecule has 7 nitrogen and oxygen atoms in total. The molecule has 0 saturated carbocycles. The SMILES string of the molecule is Cc1cc(C(N)=O)cc(-c2cc(S(C)(=O)=O)ccc2C(=O)Nc2ccc(Cl)c(-c3ccccn3)c2)c1. The van der Waals surface area contributed by atoms with Gasteiger partial charge in [-0.25, -0.2) is 8.42 Å². The maximum absolute atomic E-state index is 13.4. The summed E-state index contributed by atoms with van der Waals surface area (Å²) >= 11 is 6.36. The van der Waals surface area contributed by atoms with Crippen LogP contribution in [-0.2, 0) is 9.84 Å². The Morgan fingerprint density at radius 2 is 1.72 bits per heavy atom. The van der Waals surface area contributed by atoms with E-state index in [2.05, 4.69) is 10.3 Å². The van der Waals surface area contributed by atoms with Gasteiger partial charge in [0.05, 0.1) is 15.6 Å². The zero-order chi connectivity index (χ0) is 26.0. The van der Waals surface area contributed by atoms with Crippen molar-refractivity contribution in [2.45, 2.75) is 11.8 Å². The molecule has 182 valence electrons. The van der Waals surface area contributed by atoms with E-state index in [1.807, 2.05) is 12.1 Å². The first-order valence-corrected chi connectivity index (χ1v) is 13.1. The highest BCUT2D eigenvalue weighted by atomic mass is 35.5. The first-order chi connectivity index (χ1) is 17.0. The molecule has 0 saturated heterocycles. The van der Waals surface area contributed by atoms with Crippen molar-refractivity contribution in [2.24, 2.45) is 5.73 Å². The van der Waals surface area contributed by atoms with Crippen molar-refractivity contribution in [3.05, 3.63) is 101 Å². The minimum atomic E-state index is -3.56. The number of anilines is 1. The maximum atomic E-state index is 13.4. The molecule has 1 aromatic heterocycles. The molecule has 36 heavy (non-hydrogen) atoms. The quantitative estimate of drug-likeness (QED) is 0.366. The lowest BCUT2D eigenvalue weighted by molar-refractivity contribution is 0.0998. The molecule has 4 aromatic rings. The van der Waals surface area contributed by atoms with E-state index in [0.29, 0.717) is 33.1 Å². The lowest BCUT2D eigenvalue weighted by Crippen LogP contribution is -2.15. The number of pyridine rings is 1. The zero-order valence-electron chi connectivity index (χ0n) is 19.4. The van der Waals surface area contributed by atoms with E-state index in [9.17, 15) is 18.0 Å². The second-order valence-corrected chi connectivity index (χ2v) is 10.7. The minimum Gasteiger partial charge on any atom is -0.366 e. The Hall–Kier alpha value is -4.01. The summed E-state index contributed by atoms with van der Waals surface area (Å²) in [6.45, 7) is 1.78. The summed E-state index contributed by atoms with van der Waals surface area (Å²) in [5.74, 6) is -1.10. The number of primary amides is 1. The maximum Gasteiger partial charge on any atom is 0.256 e. The molecule has 3 N–H and O–H groups in total. The highest BCUT2D eigenvalue weighted by molar-refractivity contribution is 7.90. The van der Waals surface area contributed by atoms with Crippen molar-refractivity contribution in [3.8, 4) is 22.4 Å². The average Bonchev–Trinajstić information content (AvgIpc) is 2.84. The number of sulfone groups is 1. The van der Waals surface area contributed by atoms with E-state index in [1.54, 1.807) is 49.5 Å². The molecule has 0 aliphatic carbocycles. The third kappa shape index (κ3) is 5.45. The van der Waals surface area contributed by atoms with Crippen molar-refractivity contribution in [2.75, 3.05) is 11.6 Å². The van der Waals surface area contributed by atoms with E-state index in [1.165, 1.54) is 24.3 Å². The second-order valence-electron chi connectivity index (χ2n) is 8.30. The molecule has 0 spiro atoms. The Morgan fingerprint density at radius 3 is 2.39 bits per heavy atom. The number of aryl methyl sites for hydroxylation is 1. The average molecular weight is 520 g/mol. The highest BCUT2D eigenvalue weighted by Crippen LogP contribution is 2.32. The lowest BCUT2D eigenvalue weighted by Gasteiger charge is -2.14. The summed E-state index contributed by atoms with van der Waals surface area (Å²) in [6, 6.07) is 19.6. The van der Waals surface area contributed by atoms with Crippen LogP contribution in [0.1, 0.15) is 26.3 Å². The van der Waals surface area contributed by atoms with Crippen LogP contribution >= 0.6 is 11.6 Å². The lowest BCUT2D eigenvalue weighted by atomic mass is 9.95. The third-order valence-corrected chi connectivity index (χ3v) is 6.94. The summed E-state index contributed by atoms with van der Waals surface area (Å²) in [6.07, 6.45) is 2.73. The van der Waals surface area contributed by atoms with Crippen LogP contribution in [0.4, 0.5) is 5.69 Å². The number of benzene rings is 3. The van der Waals surface area contributed by atoms with Gasteiger partial charge in [0.2, 0.25) is 5.91 Å². The minimum absolute atomic E-state index is 0.0418. The molecule has 4 rings (SSSR count). The van der Waals surface area contributed by atoms with Crippen molar-refractivity contribution in [1.82, 2.24) is 4.98 Å². The van der Waals surface area contributed by atoms with Gasteiger partial charge in [-0.3, -0.25) is 14.6 Å². The van der Waals surface area contributed by atoms with Crippen molar-refractivity contribution >= 4 is 38.9 Å². The number of hydrogen-bond acceptors (Lipinski definition) is 5. The van der Waals surface area contributed by atoms with Crippen molar-refractivity contribution < 1.29 is 18.0 Å². The highest BCUT2D eigenvalue weighted by Gasteiger charge is 2.19. The zero-order valence-corrected chi connectivity index (χ0v) is 21.0. The van der Waals surface area contributed by atoms with E-state index in [0.717, 1.165) is 11.8 Å². The number of aromatic nitrogens is 1. The summed E-state index contributed by atoms with van der Waals surface area (Å²) < 4.78 is 24.5. The number of nitrogens with two attached hydrogens (primary N) is 1. The molecule has 0 aliphatic rings. The van der Waals surface area contributed by atoms with Gasteiger partial charge in [0, 0.05) is 34.8 Å². The summed E-state index contributed by atoms with van der Waals surface area (Å²) in [5, 5.41) is 3.33. The van der Waals surface area contributed by atoms with Crippen LogP contribution < -0.4 is 11.1 Å². The fourth-order valence-corrected chi connectivity index (χ4v) is 4.65. The molecule has 0 unspecified atom stereocenters. The third-order valence-electron chi connectivity index (χ3n) is 5.50. The molecule has 0 atom stereocenters. The van der Waals surface area contributed by atoms with Gasteiger partial charge in [-0.05, 0) is 84.3 Å². The van der Waals surface area contributed by atoms with Crippen molar-refractivity contribution in [1.29, 1.82) is 0 Å². The number of carbonyl (C=O) groups is 2. The normalized spacial score (nSPS) is 11.2. The van der Waals surface area contributed by atoms with Gasteiger partial charge in [-0.1, -0.05) is 23.7 Å². The Bertz CT molecular complexity index is 1600. The molecule has 3 aromatic carbocycles. The number of amides is 2. The Balaban J connectivity index is 1.79. The van der Waals surface area contributed by atoms with Gasteiger partial charge in [0.15, 0.2) is 9.84 Å². The van der Waals surface area contributed by atoms with Crippen LogP contribution in [0.25, 0.3) is 22.4 Å². The monoisotopic (exact) mass is 519 g/mol. The smallest absolute Gasteiger partial charge is 0.256 e. The predicted octanol–water partition coefficient (Wildman–Crippen LogP) is 5.13. The largest absolute Gasteiger partial charge is 0.366 e. The van der Waals surface area contributed by atoms with Gasteiger partial charge in [0.1, 0.15) is 0 Å². The van der Waals surface area contributed by atoms with E-state index in [4.69, 9.17) is 17.3 Å². The number of hydrogen-bond donors (Lipinski definition) is 2. The Labute approximate surface area is 213 Å². The first kappa shape index (κ1) is 25.1. The molecular formula is C27H22ClN3O4S. The van der Waals surface area contributed by atoms with Crippen LogP contribution in [-0.4, -0.2) is 31.5 Å². The molecule has 0 radical (unpaired) electrons.